The van der Waals surface area contributed by atoms with Crippen LogP contribution in [0.5, 0.6) is 0 Å². The van der Waals surface area contributed by atoms with Crippen LogP contribution in [0.1, 0.15) is 25.3 Å². The third-order valence-electron chi connectivity index (χ3n) is 2.37. The minimum Gasteiger partial charge on any atom is -0.354 e. The van der Waals surface area contributed by atoms with E-state index in [-0.39, 0.29) is 11.9 Å². The highest BCUT2D eigenvalue weighted by Crippen LogP contribution is 1.96. The average molecular weight is 221 g/mol. The van der Waals surface area contributed by atoms with Gasteiger partial charge in [0.15, 0.2) is 0 Å². The van der Waals surface area contributed by atoms with Gasteiger partial charge in [0.1, 0.15) is 0 Å². The summed E-state index contributed by atoms with van der Waals surface area (Å²) >= 11 is 0. The zero-order valence-electron chi connectivity index (χ0n) is 9.65. The molecule has 4 nitrogen and oxygen atoms in total. The maximum absolute atomic E-state index is 11.5. The Morgan fingerprint density at radius 2 is 2.44 bits per heavy atom. The third kappa shape index (κ3) is 4.40. The predicted molar refractivity (Wildman–Crippen MR) is 63.8 cm³/mol. The van der Waals surface area contributed by atoms with E-state index in [4.69, 9.17) is 5.73 Å². The van der Waals surface area contributed by atoms with E-state index >= 15 is 0 Å². The molecule has 1 aromatic rings. The average Bonchev–Trinajstić information content (AvgIpc) is 2.30. The van der Waals surface area contributed by atoms with Crippen molar-refractivity contribution in [2.45, 2.75) is 32.2 Å². The van der Waals surface area contributed by atoms with Gasteiger partial charge in [-0.05, 0) is 24.5 Å². The number of amides is 1. The van der Waals surface area contributed by atoms with E-state index in [2.05, 4.69) is 10.3 Å². The number of nitrogens with one attached hydrogen (secondary N) is 1. The van der Waals surface area contributed by atoms with Crippen molar-refractivity contribution in [2.75, 3.05) is 6.54 Å². The van der Waals surface area contributed by atoms with Crippen LogP contribution in [0.4, 0.5) is 0 Å². The van der Waals surface area contributed by atoms with Gasteiger partial charge in [-0.3, -0.25) is 9.78 Å². The van der Waals surface area contributed by atoms with Crippen LogP contribution in [0, 0.1) is 0 Å². The number of nitrogens with zero attached hydrogens (tertiary/aromatic N) is 1. The molecule has 0 saturated heterocycles. The van der Waals surface area contributed by atoms with Gasteiger partial charge in [0.05, 0.1) is 6.04 Å². The molecule has 0 aliphatic carbocycles. The fraction of sp³-hybridized carbons (Fsp3) is 0.500. The molecule has 0 radical (unpaired) electrons. The van der Waals surface area contributed by atoms with Gasteiger partial charge in [-0.25, -0.2) is 0 Å². The Kier molecular flexibility index (Phi) is 5.50. The van der Waals surface area contributed by atoms with Gasteiger partial charge in [0.25, 0.3) is 0 Å². The highest BCUT2D eigenvalue weighted by atomic mass is 16.2. The summed E-state index contributed by atoms with van der Waals surface area (Å²) in [7, 11) is 0. The van der Waals surface area contributed by atoms with Crippen molar-refractivity contribution in [1.29, 1.82) is 0 Å². The molecule has 3 N–H and O–H groups in total. The topological polar surface area (TPSA) is 68.0 Å². The molecule has 0 aliphatic heterocycles. The van der Waals surface area contributed by atoms with E-state index in [1.807, 2.05) is 19.1 Å². The lowest BCUT2D eigenvalue weighted by molar-refractivity contribution is -0.122. The molecule has 1 rings (SSSR count). The van der Waals surface area contributed by atoms with Gasteiger partial charge >= 0.3 is 0 Å². The first-order valence-corrected chi connectivity index (χ1v) is 5.66. The summed E-state index contributed by atoms with van der Waals surface area (Å²) in [6, 6.07) is 3.50. The van der Waals surface area contributed by atoms with Crippen molar-refractivity contribution in [3.8, 4) is 0 Å². The molecule has 0 aliphatic rings. The van der Waals surface area contributed by atoms with Crippen molar-refractivity contribution >= 4 is 5.91 Å². The molecule has 0 spiro atoms. The second-order valence-electron chi connectivity index (χ2n) is 3.80. The number of hydrogen-bond donors (Lipinski definition) is 2. The maximum Gasteiger partial charge on any atom is 0.236 e. The Balaban J connectivity index is 2.23. The van der Waals surface area contributed by atoms with Crippen LogP contribution >= 0.6 is 0 Å². The number of nitrogens with two attached hydrogens (primary N) is 1. The molecule has 0 aromatic carbocycles. The van der Waals surface area contributed by atoms with Crippen LogP contribution in [0.15, 0.2) is 24.5 Å². The van der Waals surface area contributed by atoms with Crippen molar-refractivity contribution in [1.82, 2.24) is 10.3 Å². The van der Waals surface area contributed by atoms with Crippen LogP contribution < -0.4 is 11.1 Å². The maximum atomic E-state index is 11.5. The lowest BCUT2D eigenvalue weighted by atomic mass is 10.1. The van der Waals surface area contributed by atoms with E-state index in [9.17, 15) is 4.79 Å². The second kappa shape index (κ2) is 6.95. The Bertz CT molecular complexity index is 313. The molecular weight excluding hydrogens is 202 g/mol. The zero-order chi connectivity index (χ0) is 11.8. The largest absolute Gasteiger partial charge is 0.354 e. The first-order chi connectivity index (χ1) is 7.74. The van der Waals surface area contributed by atoms with Crippen LogP contribution in [-0.2, 0) is 11.2 Å². The van der Waals surface area contributed by atoms with Crippen molar-refractivity contribution in [2.24, 2.45) is 5.73 Å². The number of hydrogen-bond acceptors (Lipinski definition) is 3. The zero-order valence-corrected chi connectivity index (χ0v) is 9.65. The Morgan fingerprint density at radius 3 is 3.06 bits per heavy atom. The van der Waals surface area contributed by atoms with Crippen molar-refractivity contribution in [3.05, 3.63) is 30.1 Å². The van der Waals surface area contributed by atoms with Crippen LogP contribution in [-0.4, -0.2) is 23.5 Å². The lowest BCUT2D eigenvalue weighted by Crippen LogP contribution is -2.41. The highest BCUT2D eigenvalue weighted by molar-refractivity contribution is 5.81. The summed E-state index contributed by atoms with van der Waals surface area (Å²) in [6.45, 7) is 2.63. The summed E-state index contributed by atoms with van der Waals surface area (Å²) in [4.78, 5) is 15.5. The number of carbonyl (C=O) groups is 1. The van der Waals surface area contributed by atoms with Crippen molar-refractivity contribution in [3.63, 3.8) is 0 Å². The fourth-order valence-corrected chi connectivity index (χ4v) is 1.45. The Labute approximate surface area is 96.3 Å². The van der Waals surface area contributed by atoms with E-state index in [1.54, 1.807) is 12.4 Å². The molecule has 1 unspecified atom stereocenters. The van der Waals surface area contributed by atoms with Gasteiger partial charge in [0, 0.05) is 18.9 Å². The summed E-state index contributed by atoms with van der Waals surface area (Å²) < 4.78 is 0. The number of pyridine rings is 1. The third-order valence-corrected chi connectivity index (χ3v) is 2.37. The smallest absolute Gasteiger partial charge is 0.236 e. The van der Waals surface area contributed by atoms with Gasteiger partial charge in [0.2, 0.25) is 5.91 Å². The molecule has 88 valence electrons. The molecular formula is C12H19N3O. The first kappa shape index (κ1) is 12.6. The molecule has 1 amide bonds. The minimum atomic E-state index is -0.376. The Hall–Kier alpha value is -1.42. The standard InChI is InChI=1S/C12H19N3O/c1-2-4-11(13)12(16)15-8-6-10-5-3-7-14-9-10/h3,5,7,9,11H,2,4,6,8,13H2,1H3,(H,15,16). The molecule has 1 aromatic heterocycles. The van der Waals surface area contributed by atoms with Gasteiger partial charge in [-0.15, -0.1) is 0 Å². The van der Waals surface area contributed by atoms with Gasteiger partial charge in [-0.2, -0.15) is 0 Å². The molecule has 16 heavy (non-hydrogen) atoms. The van der Waals surface area contributed by atoms with E-state index < -0.39 is 0 Å². The molecule has 4 heteroatoms. The summed E-state index contributed by atoms with van der Waals surface area (Å²) in [5, 5.41) is 2.82. The molecule has 0 fully saturated rings. The summed E-state index contributed by atoms with van der Waals surface area (Å²) in [5.74, 6) is -0.0641. The van der Waals surface area contributed by atoms with E-state index in [0.717, 1.165) is 24.8 Å². The highest BCUT2D eigenvalue weighted by Gasteiger charge is 2.10. The second-order valence-corrected chi connectivity index (χ2v) is 3.80. The van der Waals surface area contributed by atoms with Crippen LogP contribution in [0.25, 0.3) is 0 Å². The summed E-state index contributed by atoms with van der Waals surface area (Å²) in [6.07, 6.45) is 5.99. The molecule has 0 bridgehead atoms. The minimum absolute atomic E-state index is 0.0641. The first-order valence-electron chi connectivity index (χ1n) is 5.66. The van der Waals surface area contributed by atoms with E-state index in [1.165, 1.54) is 0 Å². The quantitative estimate of drug-likeness (QED) is 0.749. The van der Waals surface area contributed by atoms with Crippen LogP contribution in [0.2, 0.25) is 0 Å². The lowest BCUT2D eigenvalue weighted by Gasteiger charge is -2.10. The Morgan fingerprint density at radius 1 is 1.62 bits per heavy atom. The van der Waals surface area contributed by atoms with E-state index in [0.29, 0.717) is 6.54 Å². The predicted octanol–water partition coefficient (Wildman–Crippen LogP) is 0.868. The summed E-state index contributed by atoms with van der Waals surface area (Å²) in [5.41, 5.74) is 6.80. The van der Waals surface area contributed by atoms with Crippen molar-refractivity contribution < 1.29 is 4.79 Å². The number of aromatic nitrogens is 1. The molecule has 1 atom stereocenters. The van der Waals surface area contributed by atoms with Gasteiger partial charge < -0.3 is 11.1 Å². The molecule has 0 saturated carbocycles. The normalized spacial score (nSPS) is 12.1. The molecule has 1 heterocycles. The van der Waals surface area contributed by atoms with Gasteiger partial charge in [-0.1, -0.05) is 19.4 Å². The number of rotatable bonds is 6. The fourth-order valence-electron chi connectivity index (χ4n) is 1.45. The SMILES string of the molecule is CCCC(N)C(=O)NCCc1cccnc1. The monoisotopic (exact) mass is 221 g/mol. The number of carbonyl (C=O) groups excluding carboxylic acids is 1. The van der Waals surface area contributed by atoms with Crippen LogP contribution in [0.3, 0.4) is 0 Å².